The third kappa shape index (κ3) is 2.30. The lowest BCUT2D eigenvalue weighted by molar-refractivity contribution is 0.0952. The average molecular weight is 300 g/mol. The number of fused-ring (bicyclic) bond motifs is 2. The molecule has 2 heterocycles. The van der Waals surface area contributed by atoms with Gasteiger partial charge in [-0.25, -0.2) is 10.8 Å². The van der Waals surface area contributed by atoms with Crippen LogP contribution in [0.1, 0.15) is 28.5 Å². The fraction of sp³-hybridized carbons (Fsp3) is 0.375. The summed E-state index contributed by atoms with van der Waals surface area (Å²) in [5, 5.41) is 0.777. The largest absolute Gasteiger partial charge is 0.494 e. The van der Waals surface area contributed by atoms with E-state index in [1.807, 2.05) is 18.2 Å². The number of nitrogen functional groups attached to an aromatic ring is 1. The molecule has 3 rings (SSSR count). The van der Waals surface area contributed by atoms with Crippen LogP contribution in [0.2, 0.25) is 0 Å². The van der Waals surface area contributed by atoms with Crippen LogP contribution in [0, 0.1) is 0 Å². The number of carbonyl (C=O) groups excluding carboxylic acids is 1. The smallest absolute Gasteiger partial charge is 0.266 e. The minimum atomic E-state index is -0.283. The number of para-hydroxylation sites is 1. The molecule has 22 heavy (non-hydrogen) atoms. The number of likely N-dealkylation sites (N-methyl/N-ethyl adjacent to an activating group) is 1. The molecule has 0 saturated carbocycles. The zero-order valence-corrected chi connectivity index (χ0v) is 12.8. The van der Waals surface area contributed by atoms with Crippen LogP contribution >= 0.6 is 0 Å². The molecule has 6 nitrogen and oxygen atoms in total. The first-order chi connectivity index (χ1) is 10.7. The molecule has 2 aromatic rings. The molecule has 0 bridgehead atoms. The van der Waals surface area contributed by atoms with Crippen LogP contribution in [0.4, 0.5) is 0 Å². The molecule has 0 atom stereocenters. The van der Waals surface area contributed by atoms with E-state index >= 15 is 0 Å². The second-order valence-corrected chi connectivity index (χ2v) is 5.36. The van der Waals surface area contributed by atoms with Crippen LogP contribution in [0.3, 0.4) is 0 Å². The Hall–Kier alpha value is -2.18. The Morgan fingerprint density at radius 3 is 3.00 bits per heavy atom. The van der Waals surface area contributed by atoms with E-state index in [0.717, 1.165) is 42.7 Å². The number of hydrogen-bond donors (Lipinski definition) is 2. The van der Waals surface area contributed by atoms with Gasteiger partial charge in [0.1, 0.15) is 11.3 Å². The molecule has 116 valence electrons. The van der Waals surface area contributed by atoms with Gasteiger partial charge >= 0.3 is 0 Å². The summed E-state index contributed by atoms with van der Waals surface area (Å²) in [4.78, 5) is 19.4. The van der Waals surface area contributed by atoms with Crippen molar-refractivity contribution in [1.29, 1.82) is 0 Å². The van der Waals surface area contributed by atoms with Crippen molar-refractivity contribution in [2.75, 3.05) is 20.2 Å². The fourth-order valence-corrected chi connectivity index (χ4v) is 3.06. The van der Waals surface area contributed by atoms with Crippen LogP contribution in [-0.2, 0) is 13.0 Å². The van der Waals surface area contributed by atoms with E-state index < -0.39 is 0 Å². The van der Waals surface area contributed by atoms with E-state index in [9.17, 15) is 4.79 Å². The Bertz CT molecular complexity index is 730. The van der Waals surface area contributed by atoms with Crippen molar-refractivity contribution in [1.82, 2.24) is 15.3 Å². The second-order valence-electron chi connectivity index (χ2n) is 5.36. The lowest BCUT2D eigenvalue weighted by Gasteiger charge is -2.29. The summed E-state index contributed by atoms with van der Waals surface area (Å²) in [7, 11) is 1.61. The first kappa shape index (κ1) is 14.7. The van der Waals surface area contributed by atoms with Crippen LogP contribution in [0.25, 0.3) is 10.9 Å². The molecule has 0 spiro atoms. The van der Waals surface area contributed by atoms with E-state index in [2.05, 4.69) is 17.2 Å². The molecule has 3 N–H and O–H groups in total. The van der Waals surface area contributed by atoms with Crippen LogP contribution in [0.5, 0.6) is 5.75 Å². The Labute approximate surface area is 129 Å². The zero-order valence-electron chi connectivity index (χ0n) is 12.8. The maximum Gasteiger partial charge on any atom is 0.266 e. The predicted octanol–water partition coefficient (Wildman–Crippen LogP) is 1.22. The van der Waals surface area contributed by atoms with Crippen molar-refractivity contribution in [3.63, 3.8) is 0 Å². The number of hydrogen-bond acceptors (Lipinski definition) is 5. The Morgan fingerprint density at radius 2 is 2.32 bits per heavy atom. The van der Waals surface area contributed by atoms with E-state index in [4.69, 9.17) is 15.6 Å². The Balaban J connectivity index is 2.31. The minimum absolute atomic E-state index is 0.283. The number of aromatic nitrogens is 1. The summed E-state index contributed by atoms with van der Waals surface area (Å²) >= 11 is 0. The van der Waals surface area contributed by atoms with Gasteiger partial charge in [0.25, 0.3) is 5.91 Å². The molecule has 0 fully saturated rings. The molecule has 0 radical (unpaired) electrons. The highest BCUT2D eigenvalue weighted by Crippen LogP contribution is 2.32. The van der Waals surface area contributed by atoms with Gasteiger partial charge in [0, 0.05) is 36.2 Å². The van der Waals surface area contributed by atoms with Crippen molar-refractivity contribution < 1.29 is 9.53 Å². The molecule has 0 aliphatic carbocycles. The molecule has 1 aliphatic rings. The molecule has 0 saturated heterocycles. The maximum absolute atomic E-state index is 12.4. The number of nitrogens with one attached hydrogen (secondary N) is 1. The SMILES string of the molecule is CCN1CCc2nc3c(OC)cccc3c(C(=O)NN)c2C1. The van der Waals surface area contributed by atoms with Crippen molar-refractivity contribution in [3.05, 3.63) is 35.0 Å². The molecule has 0 unspecified atom stereocenters. The van der Waals surface area contributed by atoms with Gasteiger partial charge in [-0.15, -0.1) is 0 Å². The number of amides is 1. The number of nitrogens with zero attached hydrogens (tertiary/aromatic N) is 2. The lowest BCUT2D eigenvalue weighted by Crippen LogP contribution is -2.36. The summed E-state index contributed by atoms with van der Waals surface area (Å²) in [6.07, 6.45) is 0.821. The molecule has 1 aromatic carbocycles. The third-order valence-corrected chi connectivity index (χ3v) is 4.24. The monoisotopic (exact) mass is 300 g/mol. The van der Waals surface area contributed by atoms with Crippen molar-refractivity contribution >= 4 is 16.8 Å². The highest BCUT2D eigenvalue weighted by molar-refractivity contribution is 6.08. The normalized spacial score (nSPS) is 14.7. The van der Waals surface area contributed by atoms with Crippen LogP contribution in [0.15, 0.2) is 18.2 Å². The van der Waals surface area contributed by atoms with E-state index in [0.29, 0.717) is 16.8 Å². The quantitative estimate of drug-likeness (QED) is 0.506. The van der Waals surface area contributed by atoms with Crippen molar-refractivity contribution in [3.8, 4) is 5.75 Å². The zero-order chi connectivity index (χ0) is 15.7. The van der Waals surface area contributed by atoms with Crippen molar-refractivity contribution in [2.45, 2.75) is 19.9 Å². The minimum Gasteiger partial charge on any atom is -0.494 e. The molecule has 1 amide bonds. The summed E-state index contributed by atoms with van der Waals surface area (Å²) < 4.78 is 5.39. The lowest BCUT2D eigenvalue weighted by atomic mass is 9.95. The molecule has 1 aromatic heterocycles. The van der Waals surface area contributed by atoms with E-state index in [-0.39, 0.29) is 5.91 Å². The van der Waals surface area contributed by atoms with Gasteiger partial charge in [0.05, 0.1) is 12.7 Å². The van der Waals surface area contributed by atoms with E-state index in [1.54, 1.807) is 7.11 Å². The number of ether oxygens (including phenoxy) is 1. The highest BCUT2D eigenvalue weighted by Gasteiger charge is 2.25. The van der Waals surface area contributed by atoms with Gasteiger partial charge < -0.3 is 4.74 Å². The first-order valence-electron chi connectivity index (χ1n) is 7.41. The third-order valence-electron chi connectivity index (χ3n) is 4.24. The maximum atomic E-state index is 12.4. The fourth-order valence-electron chi connectivity index (χ4n) is 3.06. The number of carbonyl (C=O) groups is 1. The highest BCUT2D eigenvalue weighted by atomic mass is 16.5. The molecular formula is C16H20N4O2. The van der Waals surface area contributed by atoms with Crippen LogP contribution < -0.4 is 16.0 Å². The number of benzene rings is 1. The van der Waals surface area contributed by atoms with Gasteiger partial charge in [-0.3, -0.25) is 15.1 Å². The van der Waals surface area contributed by atoms with Gasteiger partial charge in [-0.2, -0.15) is 0 Å². The average Bonchev–Trinajstić information content (AvgIpc) is 2.57. The summed E-state index contributed by atoms with van der Waals surface area (Å²) in [5.41, 5.74) is 5.52. The summed E-state index contributed by atoms with van der Waals surface area (Å²) in [5.74, 6) is 5.79. The number of rotatable bonds is 3. The van der Waals surface area contributed by atoms with Gasteiger partial charge in [-0.05, 0) is 12.6 Å². The number of pyridine rings is 1. The molecule has 6 heteroatoms. The number of hydrazine groups is 1. The number of nitrogens with two attached hydrogens (primary N) is 1. The Morgan fingerprint density at radius 1 is 1.50 bits per heavy atom. The number of methoxy groups -OCH3 is 1. The van der Waals surface area contributed by atoms with Crippen molar-refractivity contribution in [2.24, 2.45) is 5.84 Å². The van der Waals surface area contributed by atoms with Crippen LogP contribution in [-0.4, -0.2) is 36.0 Å². The summed E-state index contributed by atoms with van der Waals surface area (Å²) in [6.45, 7) is 4.72. The molecular weight excluding hydrogens is 280 g/mol. The van der Waals surface area contributed by atoms with Gasteiger partial charge in [0.15, 0.2) is 0 Å². The van der Waals surface area contributed by atoms with Gasteiger partial charge in [-0.1, -0.05) is 19.1 Å². The molecule has 1 aliphatic heterocycles. The standard InChI is InChI=1S/C16H20N4O2/c1-3-20-8-7-12-11(9-20)14(16(21)19-17)10-5-4-6-13(22-2)15(10)18-12/h4-6H,3,7-9,17H2,1-2H3,(H,19,21). The van der Waals surface area contributed by atoms with E-state index in [1.165, 1.54) is 0 Å². The topological polar surface area (TPSA) is 80.5 Å². The second kappa shape index (κ2) is 5.90. The Kier molecular flexibility index (Phi) is 3.96. The first-order valence-corrected chi connectivity index (χ1v) is 7.41. The predicted molar refractivity (Wildman–Crippen MR) is 84.6 cm³/mol. The van der Waals surface area contributed by atoms with Gasteiger partial charge in [0.2, 0.25) is 0 Å². The summed E-state index contributed by atoms with van der Waals surface area (Å²) in [6, 6.07) is 5.61.